The maximum Gasteiger partial charge on any atom is 0.0693 e. The molecule has 1 fully saturated rings. The van der Waals surface area contributed by atoms with E-state index >= 15 is 0 Å². The second-order valence-electron chi connectivity index (χ2n) is 3.29. The minimum Gasteiger partial charge on any atom is -0.377 e. The molecule has 2 heteroatoms. The molecule has 1 saturated heterocycles. The molecule has 1 rings (SSSR count). The van der Waals surface area contributed by atoms with E-state index in [-0.39, 0.29) is 0 Å². The van der Waals surface area contributed by atoms with Gasteiger partial charge in [0.1, 0.15) is 0 Å². The molecule has 0 aliphatic carbocycles. The number of hydrogen-bond donors (Lipinski definition) is 0. The van der Waals surface area contributed by atoms with Crippen LogP contribution < -0.4 is 0 Å². The van der Waals surface area contributed by atoms with Gasteiger partial charge >= 0.3 is 0 Å². The molecular formula is C10H17IO. The average Bonchev–Trinajstić information content (AvgIpc) is 2.56. The first-order valence-corrected chi connectivity index (χ1v) is 5.95. The highest BCUT2D eigenvalue weighted by Gasteiger charge is 2.22. The van der Waals surface area contributed by atoms with Crippen molar-refractivity contribution in [3.05, 3.63) is 12.7 Å². The van der Waals surface area contributed by atoms with E-state index in [1.807, 2.05) is 6.08 Å². The average molecular weight is 280 g/mol. The third kappa shape index (κ3) is 3.44. The number of unbranched alkanes of at least 4 members (excludes halogenated alkanes) is 1. The number of rotatable bonds is 5. The first-order chi connectivity index (χ1) is 5.84. The molecule has 0 N–H and O–H groups in total. The zero-order valence-electron chi connectivity index (χ0n) is 7.47. The van der Waals surface area contributed by atoms with Gasteiger partial charge in [-0.15, -0.1) is 6.58 Å². The Labute approximate surface area is 88.7 Å². The fourth-order valence-electron chi connectivity index (χ4n) is 1.53. The van der Waals surface area contributed by atoms with E-state index in [9.17, 15) is 0 Å². The van der Waals surface area contributed by atoms with Gasteiger partial charge in [0.2, 0.25) is 0 Å². The van der Waals surface area contributed by atoms with Gasteiger partial charge in [0.25, 0.3) is 0 Å². The first kappa shape index (κ1) is 10.5. The minimum atomic E-state index is 0.537. The maximum absolute atomic E-state index is 5.61. The number of allylic oxidation sites excluding steroid dienone is 1. The van der Waals surface area contributed by atoms with Gasteiger partial charge in [-0.05, 0) is 32.1 Å². The highest BCUT2D eigenvalue weighted by atomic mass is 127. The number of halogens is 1. The predicted molar refractivity (Wildman–Crippen MR) is 60.8 cm³/mol. The Bertz CT molecular complexity index is 130. The van der Waals surface area contributed by atoms with Crippen molar-refractivity contribution < 1.29 is 4.74 Å². The number of alkyl halides is 1. The monoisotopic (exact) mass is 280 g/mol. The third-order valence-corrected chi connectivity index (χ3v) is 3.68. The van der Waals surface area contributed by atoms with Gasteiger partial charge in [-0.2, -0.15) is 0 Å². The van der Waals surface area contributed by atoms with Crippen LogP contribution in [-0.2, 0) is 4.74 Å². The summed E-state index contributed by atoms with van der Waals surface area (Å²) in [7, 11) is 0. The summed E-state index contributed by atoms with van der Waals surface area (Å²) in [5.74, 6) is 0. The molecule has 0 spiro atoms. The van der Waals surface area contributed by atoms with Crippen molar-refractivity contribution in [2.24, 2.45) is 0 Å². The normalized spacial score (nSPS) is 25.6. The molecule has 0 aromatic carbocycles. The summed E-state index contributed by atoms with van der Waals surface area (Å²) >= 11 is 2.52. The van der Waals surface area contributed by atoms with Gasteiger partial charge in [-0.1, -0.05) is 28.7 Å². The Balaban J connectivity index is 2.09. The summed E-state index contributed by atoms with van der Waals surface area (Å²) in [6.07, 6.45) is 8.74. The molecule has 1 aliphatic rings. The van der Waals surface area contributed by atoms with Crippen molar-refractivity contribution in [2.75, 3.05) is 6.61 Å². The van der Waals surface area contributed by atoms with Crippen LogP contribution >= 0.6 is 22.6 Å². The molecule has 0 unspecified atom stereocenters. The van der Waals surface area contributed by atoms with Crippen LogP contribution in [0.1, 0.15) is 32.1 Å². The van der Waals surface area contributed by atoms with Crippen LogP contribution in [-0.4, -0.2) is 16.6 Å². The molecule has 1 heterocycles. The predicted octanol–water partition coefficient (Wildman–Crippen LogP) is 3.33. The van der Waals surface area contributed by atoms with Gasteiger partial charge in [-0.3, -0.25) is 0 Å². The summed E-state index contributed by atoms with van der Waals surface area (Å²) in [5, 5.41) is 0. The molecule has 12 heavy (non-hydrogen) atoms. The minimum absolute atomic E-state index is 0.537. The fourth-order valence-corrected chi connectivity index (χ4v) is 2.54. The third-order valence-electron chi connectivity index (χ3n) is 2.26. The van der Waals surface area contributed by atoms with Crippen molar-refractivity contribution in [3.8, 4) is 0 Å². The number of ether oxygens (including phenoxy) is 1. The number of hydrogen-bond acceptors (Lipinski definition) is 1. The Kier molecular flexibility index (Phi) is 5.23. The van der Waals surface area contributed by atoms with Crippen molar-refractivity contribution in [1.82, 2.24) is 0 Å². The van der Waals surface area contributed by atoms with Gasteiger partial charge < -0.3 is 4.74 Å². The summed E-state index contributed by atoms with van der Waals surface area (Å²) in [6, 6.07) is 0. The van der Waals surface area contributed by atoms with Crippen molar-refractivity contribution >= 4 is 22.6 Å². The summed E-state index contributed by atoms with van der Waals surface area (Å²) in [6.45, 7) is 4.70. The molecule has 0 aromatic heterocycles. The van der Waals surface area contributed by atoms with E-state index in [1.54, 1.807) is 0 Å². The standard InChI is InChI=1S/C10H17IO/c1-2-3-4-6-9(11)10-7-5-8-12-10/h2,9-10H,1,3-8H2/t9-,10+/m0/s1. The second-order valence-corrected chi connectivity index (χ2v) is 4.89. The summed E-state index contributed by atoms with van der Waals surface area (Å²) < 4.78 is 6.33. The zero-order valence-corrected chi connectivity index (χ0v) is 9.63. The van der Waals surface area contributed by atoms with Crippen molar-refractivity contribution in [1.29, 1.82) is 0 Å². The van der Waals surface area contributed by atoms with Crippen LogP contribution in [0.25, 0.3) is 0 Å². The lowest BCUT2D eigenvalue weighted by atomic mass is 10.1. The van der Waals surface area contributed by atoms with Crippen LogP contribution in [0.4, 0.5) is 0 Å². The van der Waals surface area contributed by atoms with Crippen LogP contribution in [0.5, 0.6) is 0 Å². The van der Waals surface area contributed by atoms with Crippen LogP contribution in [0, 0.1) is 0 Å². The molecular weight excluding hydrogens is 263 g/mol. The molecule has 70 valence electrons. The molecule has 0 bridgehead atoms. The Hall–Kier alpha value is 0.430. The molecule has 0 aromatic rings. The quantitative estimate of drug-likeness (QED) is 0.325. The lowest BCUT2D eigenvalue weighted by molar-refractivity contribution is 0.110. The van der Waals surface area contributed by atoms with E-state index in [1.165, 1.54) is 25.7 Å². The SMILES string of the molecule is C=CCCC[C@H](I)[C@H]1CCCO1. The molecule has 0 amide bonds. The summed E-state index contributed by atoms with van der Waals surface area (Å²) in [4.78, 5) is 0. The van der Waals surface area contributed by atoms with Gasteiger partial charge in [0.05, 0.1) is 6.10 Å². The second kappa shape index (κ2) is 5.97. The Morgan fingerprint density at radius 3 is 3.08 bits per heavy atom. The smallest absolute Gasteiger partial charge is 0.0693 e. The van der Waals surface area contributed by atoms with Crippen LogP contribution in [0.15, 0.2) is 12.7 Å². The molecule has 2 atom stereocenters. The van der Waals surface area contributed by atoms with Crippen molar-refractivity contribution in [2.45, 2.75) is 42.1 Å². The van der Waals surface area contributed by atoms with E-state index in [4.69, 9.17) is 4.74 Å². The van der Waals surface area contributed by atoms with E-state index in [2.05, 4.69) is 29.2 Å². The van der Waals surface area contributed by atoms with Gasteiger partial charge in [-0.25, -0.2) is 0 Å². The van der Waals surface area contributed by atoms with Crippen LogP contribution in [0.2, 0.25) is 0 Å². The lowest BCUT2D eigenvalue weighted by Gasteiger charge is -2.15. The fraction of sp³-hybridized carbons (Fsp3) is 0.800. The van der Waals surface area contributed by atoms with E-state index in [0.717, 1.165) is 13.0 Å². The topological polar surface area (TPSA) is 9.23 Å². The van der Waals surface area contributed by atoms with E-state index in [0.29, 0.717) is 10.0 Å². The lowest BCUT2D eigenvalue weighted by Crippen LogP contribution is -2.18. The maximum atomic E-state index is 5.61. The molecule has 1 aliphatic heterocycles. The van der Waals surface area contributed by atoms with Crippen molar-refractivity contribution in [3.63, 3.8) is 0 Å². The molecule has 1 nitrogen and oxygen atoms in total. The highest BCUT2D eigenvalue weighted by molar-refractivity contribution is 14.1. The molecule has 0 saturated carbocycles. The van der Waals surface area contributed by atoms with E-state index < -0.39 is 0 Å². The largest absolute Gasteiger partial charge is 0.377 e. The highest BCUT2D eigenvalue weighted by Crippen LogP contribution is 2.24. The Morgan fingerprint density at radius 1 is 1.67 bits per heavy atom. The Morgan fingerprint density at radius 2 is 2.50 bits per heavy atom. The van der Waals surface area contributed by atoms with Crippen LogP contribution in [0.3, 0.4) is 0 Å². The first-order valence-electron chi connectivity index (χ1n) is 4.71. The zero-order chi connectivity index (χ0) is 8.81. The molecule has 0 radical (unpaired) electrons. The summed E-state index contributed by atoms with van der Waals surface area (Å²) in [5.41, 5.74) is 0. The van der Waals surface area contributed by atoms with Gasteiger partial charge in [0.15, 0.2) is 0 Å². The van der Waals surface area contributed by atoms with Gasteiger partial charge in [0, 0.05) is 10.5 Å².